The Morgan fingerprint density at radius 2 is 2.31 bits per heavy atom. The van der Waals surface area contributed by atoms with Crippen molar-refractivity contribution in [3.8, 4) is 0 Å². The Kier molecular flexibility index (Phi) is 3.46. The van der Waals surface area contributed by atoms with Crippen molar-refractivity contribution in [1.82, 2.24) is 9.97 Å². The summed E-state index contributed by atoms with van der Waals surface area (Å²) in [7, 11) is 1.74. The predicted molar refractivity (Wildman–Crippen MR) is 63.5 cm³/mol. The molecular formula is C10H15ClN4O. The number of ether oxygens (including phenoxy) is 1. The number of nitrogen functional groups attached to an aromatic ring is 1. The van der Waals surface area contributed by atoms with Crippen LogP contribution in [-0.4, -0.2) is 29.2 Å². The second-order valence-corrected chi connectivity index (χ2v) is 4.31. The van der Waals surface area contributed by atoms with Gasteiger partial charge >= 0.3 is 0 Å². The van der Waals surface area contributed by atoms with E-state index in [4.69, 9.17) is 22.1 Å². The first kappa shape index (κ1) is 11.4. The fourth-order valence-corrected chi connectivity index (χ4v) is 2.11. The molecule has 1 saturated carbocycles. The number of rotatable bonds is 3. The highest BCUT2D eigenvalue weighted by atomic mass is 35.5. The number of hydrogen-bond acceptors (Lipinski definition) is 5. The number of nitrogens with one attached hydrogen (secondary N) is 1. The van der Waals surface area contributed by atoms with Crippen molar-refractivity contribution in [1.29, 1.82) is 0 Å². The van der Waals surface area contributed by atoms with Crippen LogP contribution in [0.5, 0.6) is 0 Å². The maximum absolute atomic E-state index is 6.00. The molecule has 1 aromatic rings. The van der Waals surface area contributed by atoms with Crippen LogP contribution in [0, 0.1) is 0 Å². The lowest BCUT2D eigenvalue weighted by Gasteiger charge is -2.14. The smallest absolute Gasteiger partial charge is 0.150 e. The van der Waals surface area contributed by atoms with Crippen LogP contribution in [0.2, 0.25) is 5.02 Å². The number of methoxy groups -OCH3 is 1. The second kappa shape index (κ2) is 4.84. The molecule has 0 unspecified atom stereocenters. The molecule has 0 radical (unpaired) electrons. The molecule has 2 rings (SSSR count). The van der Waals surface area contributed by atoms with Gasteiger partial charge in [0.25, 0.3) is 0 Å². The normalized spacial score (nSPS) is 24.6. The Bertz CT molecular complexity index is 374. The van der Waals surface area contributed by atoms with E-state index in [2.05, 4.69) is 15.3 Å². The van der Waals surface area contributed by atoms with E-state index in [1.807, 2.05) is 0 Å². The Hall–Kier alpha value is -1.07. The van der Waals surface area contributed by atoms with Crippen molar-refractivity contribution in [2.75, 3.05) is 18.2 Å². The molecular weight excluding hydrogens is 228 g/mol. The Morgan fingerprint density at radius 1 is 1.50 bits per heavy atom. The summed E-state index contributed by atoms with van der Waals surface area (Å²) in [5.41, 5.74) is 5.60. The average Bonchev–Trinajstić information content (AvgIpc) is 2.73. The molecule has 1 aromatic heterocycles. The second-order valence-electron chi connectivity index (χ2n) is 3.93. The van der Waals surface area contributed by atoms with Crippen LogP contribution in [0.3, 0.4) is 0 Å². The van der Waals surface area contributed by atoms with E-state index in [0.29, 0.717) is 28.8 Å². The third-order valence-corrected chi connectivity index (χ3v) is 3.25. The molecule has 3 N–H and O–H groups in total. The van der Waals surface area contributed by atoms with E-state index in [-0.39, 0.29) is 0 Å². The van der Waals surface area contributed by atoms with Gasteiger partial charge in [-0.05, 0) is 19.3 Å². The zero-order chi connectivity index (χ0) is 11.5. The molecule has 0 spiro atoms. The number of halogens is 1. The standard InChI is InChI=1S/C10H15ClN4O/c1-16-7-3-2-6(4-7)15-10-8(11)9(12)13-5-14-10/h5-7H,2-4H2,1H3,(H3,12,13,14,15)/t6-,7+/m1/s1. The zero-order valence-corrected chi connectivity index (χ0v) is 9.87. The van der Waals surface area contributed by atoms with Crippen molar-refractivity contribution in [2.24, 2.45) is 0 Å². The number of nitrogens with two attached hydrogens (primary N) is 1. The molecule has 1 aliphatic rings. The number of anilines is 2. The summed E-state index contributed by atoms with van der Waals surface area (Å²) < 4.78 is 5.30. The van der Waals surface area contributed by atoms with Gasteiger partial charge in [0, 0.05) is 13.2 Å². The van der Waals surface area contributed by atoms with E-state index in [0.717, 1.165) is 19.3 Å². The largest absolute Gasteiger partial charge is 0.382 e. The fourth-order valence-electron chi connectivity index (χ4n) is 1.96. The highest BCUT2D eigenvalue weighted by Gasteiger charge is 2.25. The van der Waals surface area contributed by atoms with Crippen LogP contribution < -0.4 is 11.1 Å². The van der Waals surface area contributed by atoms with Gasteiger partial charge in [0.1, 0.15) is 17.2 Å². The third-order valence-electron chi connectivity index (χ3n) is 2.88. The van der Waals surface area contributed by atoms with Crippen molar-refractivity contribution >= 4 is 23.2 Å². The first-order valence-electron chi connectivity index (χ1n) is 5.26. The summed E-state index contributed by atoms with van der Waals surface area (Å²) in [5.74, 6) is 0.913. The number of aromatic nitrogens is 2. The maximum Gasteiger partial charge on any atom is 0.150 e. The monoisotopic (exact) mass is 242 g/mol. The van der Waals surface area contributed by atoms with Crippen LogP contribution in [0.1, 0.15) is 19.3 Å². The van der Waals surface area contributed by atoms with Gasteiger partial charge in [0.15, 0.2) is 5.82 Å². The average molecular weight is 243 g/mol. The summed E-state index contributed by atoms with van der Waals surface area (Å²) in [6, 6.07) is 0.344. The van der Waals surface area contributed by atoms with Gasteiger partial charge in [-0.1, -0.05) is 11.6 Å². The molecule has 0 amide bonds. The summed E-state index contributed by atoms with van der Waals surface area (Å²) in [6.45, 7) is 0. The molecule has 0 aliphatic heterocycles. The minimum absolute atomic E-state index is 0.306. The first-order valence-corrected chi connectivity index (χ1v) is 5.63. The maximum atomic E-state index is 6.00. The third kappa shape index (κ3) is 2.36. The van der Waals surface area contributed by atoms with E-state index in [1.165, 1.54) is 6.33 Å². The Labute approximate surface area is 99.4 Å². The van der Waals surface area contributed by atoms with Gasteiger partial charge in [-0.2, -0.15) is 0 Å². The van der Waals surface area contributed by atoms with Crippen LogP contribution in [-0.2, 0) is 4.74 Å². The highest BCUT2D eigenvalue weighted by molar-refractivity contribution is 6.35. The van der Waals surface area contributed by atoms with Crippen LogP contribution in [0.4, 0.5) is 11.6 Å². The van der Waals surface area contributed by atoms with E-state index in [9.17, 15) is 0 Å². The minimum atomic E-state index is 0.306. The van der Waals surface area contributed by atoms with E-state index >= 15 is 0 Å². The van der Waals surface area contributed by atoms with Crippen molar-refractivity contribution < 1.29 is 4.74 Å². The van der Waals surface area contributed by atoms with Crippen LogP contribution in [0.15, 0.2) is 6.33 Å². The van der Waals surface area contributed by atoms with E-state index < -0.39 is 0 Å². The van der Waals surface area contributed by atoms with E-state index in [1.54, 1.807) is 7.11 Å². The fraction of sp³-hybridized carbons (Fsp3) is 0.600. The zero-order valence-electron chi connectivity index (χ0n) is 9.11. The molecule has 88 valence electrons. The summed E-state index contributed by atoms with van der Waals surface area (Å²) in [4.78, 5) is 7.89. The number of hydrogen-bond donors (Lipinski definition) is 2. The predicted octanol–water partition coefficient (Wildman–Crippen LogP) is 1.69. The lowest BCUT2D eigenvalue weighted by molar-refractivity contribution is 0.108. The van der Waals surface area contributed by atoms with Crippen molar-refractivity contribution in [2.45, 2.75) is 31.4 Å². The molecule has 1 aliphatic carbocycles. The summed E-state index contributed by atoms with van der Waals surface area (Å²) >= 11 is 6.00. The topological polar surface area (TPSA) is 73.1 Å². The quantitative estimate of drug-likeness (QED) is 0.844. The molecule has 0 saturated heterocycles. The molecule has 1 fully saturated rings. The lowest BCUT2D eigenvalue weighted by Crippen LogP contribution is -2.18. The number of nitrogens with zero attached hydrogens (tertiary/aromatic N) is 2. The minimum Gasteiger partial charge on any atom is -0.382 e. The van der Waals surface area contributed by atoms with Crippen LogP contribution >= 0.6 is 11.6 Å². The molecule has 5 nitrogen and oxygen atoms in total. The van der Waals surface area contributed by atoms with Gasteiger partial charge in [-0.25, -0.2) is 9.97 Å². The Morgan fingerprint density at radius 3 is 3.00 bits per heavy atom. The summed E-state index contributed by atoms with van der Waals surface area (Å²) in [5, 5.41) is 3.66. The lowest BCUT2D eigenvalue weighted by atomic mass is 10.2. The molecule has 0 bridgehead atoms. The van der Waals surface area contributed by atoms with Gasteiger partial charge in [0.05, 0.1) is 6.10 Å². The van der Waals surface area contributed by atoms with Gasteiger partial charge in [0.2, 0.25) is 0 Å². The van der Waals surface area contributed by atoms with Crippen molar-refractivity contribution in [3.05, 3.63) is 11.3 Å². The van der Waals surface area contributed by atoms with Gasteiger partial charge in [-0.3, -0.25) is 0 Å². The first-order chi connectivity index (χ1) is 7.70. The van der Waals surface area contributed by atoms with Crippen LogP contribution in [0.25, 0.3) is 0 Å². The molecule has 16 heavy (non-hydrogen) atoms. The highest BCUT2D eigenvalue weighted by Crippen LogP contribution is 2.28. The SMILES string of the molecule is CO[C@H]1CC[C@@H](Nc2ncnc(N)c2Cl)C1. The van der Waals surface area contributed by atoms with Gasteiger partial charge in [-0.15, -0.1) is 0 Å². The Balaban J connectivity index is 2.02. The van der Waals surface area contributed by atoms with Gasteiger partial charge < -0.3 is 15.8 Å². The molecule has 0 aromatic carbocycles. The summed E-state index contributed by atoms with van der Waals surface area (Å²) in [6.07, 6.45) is 4.82. The van der Waals surface area contributed by atoms with Crippen molar-refractivity contribution in [3.63, 3.8) is 0 Å². The molecule has 1 heterocycles. The molecule has 6 heteroatoms. The molecule has 2 atom stereocenters.